The van der Waals surface area contributed by atoms with Crippen LogP contribution in [0.15, 0.2) is 48.5 Å². The van der Waals surface area contributed by atoms with Gasteiger partial charge in [-0.25, -0.2) is 8.42 Å². The fourth-order valence-corrected chi connectivity index (χ4v) is 3.35. The number of anilines is 1. The molecule has 2 rings (SSSR count). The van der Waals surface area contributed by atoms with Crippen molar-refractivity contribution in [3.8, 4) is 5.75 Å². The molecule has 0 aliphatic heterocycles. The molecule has 0 aliphatic rings. The van der Waals surface area contributed by atoms with E-state index < -0.39 is 16.1 Å². The molecular formula is C22H30N2O4S. The third-order valence-electron chi connectivity index (χ3n) is 4.89. The lowest BCUT2D eigenvalue weighted by atomic mass is 10.0. The minimum absolute atomic E-state index is 0.128. The highest BCUT2D eigenvalue weighted by molar-refractivity contribution is 7.92. The number of hydrogen-bond acceptors (Lipinski definition) is 4. The molecule has 0 saturated heterocycles. The van der Waals surface area contributed by atoms with Gasteiger partial charge in [0.25, 0.3) is 5.91 Å². The van der Waals surface area contributed by atoms with Crippen LogP contribution in [0.2, 0.25) is 0 Å². The number of rotatable bonds is 9. The Balaban J connectivity index is 2.02. The van der Waals surface area contributed by atoms with Crippen molar-refractivity contribution in [1.82, 2.24) is 5.32 Å². The second kappa shape index (κ2) is 9.78. The predicted molar refractivity (Wildman–Crippen MR) is 117 cm³/mol. The second-order valence-corrected chi connectivity index (χ2v) is 9.08. The van der Waals surface area contributed by atoms with Crippen LogP contribution >= 0.6 is 0 Å². The Hall–Kier alpha value is -2.54. The number of ether oxygens (including phenoxy) is 1. The van der Waals surface area contributed by atoms with E-state index in [1.807, 2.05) is 26.0 Å². The third-order valence-corrected chi connectivity index (χ3v) is 6.09. The maximum Gasteiger partial charge on any atom is 0.261 e. The summed E-state index contributed by atoms with van der Waals surface area (Å²) in [7, 11) is -1.84. The molecule has 2 aromatic rings. The van der Waals surface area contributed by atoms with Crippen LogP contribution in [0.5, 0.6) is 5.75 Å². The normalized spacial score (nSPS) is 13.4. The van der Waals surface area contributed by atoms with Crippen LogP contribution in [-0.4, -0.2) is 33.7 Å². The van der Waals surface area contributed by atoms with Gasteiger partial charge in [0, 0.05) is 7.05 Å². The Bertz CT molecular complexity index is 909. The van der Waals surface area contributed by atoms with Crippen molar-refractivity contribution in [2.45, 2.75) is 45.8 Å². The molecule has 0 fully saturated rings. The molecule has 2 aromatic carbocycles. The van der Waals surface area contributed by atoms with Gasteiger partial charge in [-0.1, -0.05) is 38.1 Å². The molecule has 6 nitrogen and oxygen atoms in total. The van der Waals surface area contributed by atoms with Gasteiger partial charge in [-0.15, -0.1) is 0 Å². The summed E-state index contributed by atoms with van der Waals surface area (Å²) in [6.45, 7) is 5.94. The number of aryl methyl sites for hydroxylation is 1. The number of hydrogen-bond donors (Lipinski definition) is 1. The van der Waals surface area contributed by atoms with Crippen LogP contribution < -0.4 is 14.4 Å². The fourth-order valence-electron chi connectivity index (χ4n) is 2.84. The monoisotopic (exact) mass is 418 g/mol. The SMILES string of the molecule is CCc1ccc(C(C)NC(=O)C(CC)Oc2ccc(N(C)S(C)(=O)=O)cc2)cc1. The molecule has 0 aromatic heterocycles. The molecule has 7 heteroatoms. The van der Waals surface area contributed by atoms with Crippen LogP contribution in [-0.2, 0) is 21.2 Å². The van der Waals surface area contributed by atoms with Crippen molar-refractivity contribution in [2.24, 2.45) is 0 Å². The molecule has 158 valence electrons. The van der Waals surface area contributed by atoms with E-state index in [4.69, 9.17) is 4.74 Å². The van der Waals surface area contributed by atoms with E-state index in [1.165, 1.54) is 16.9 Å². The minimum atomic E-state index is -3.33. The first-order chi connectivity index (χ1) is 13.7. The summed E-state index contributed by atoms with van der Waals surface area (Å²) >= 11 is 0. The van der Waals surface area contributed by atoms with E-state index in [0.29, 0.717) is 17.9 Å². The standard InChI is InChI=1S/C22H30N2O4S/c1-6-17-8-10-18(11-9-17)16(3)23-22(25)21(7-2)28-20-14-12-19(13-15-20)24(4)29(5,26)27/h8-16,21H,6-7H2,1-5H3,(H,23,25). The number of nitrogens with zero attached hydrogens (tertiary/aromatic N) is 1. The lowest BCUT2D eigenvalue weighted by Gasteiger charge is -2.21. The van der Waals surface area contributed by atoms with Gasteiger partial charge in [0.05, 0.1) is 18.0 Å². The minimum Gasteiger partial charge on any atom is -0.481 e. The van der Waals surface area contributed by atoms with Crippen LogP contribution in [0.4, 0.5) is 5.69 Å². The molecule has 0 saturated carbocycles. The second-order valence-electron chi connectivity index (χ2n) is 7.06. The van der Waals surface area contributed by atoms with Gasteiger partial charge in [-0.2, -0.15) is 0 Å². The number of benzene rings is 2. The van der Waals surface area contributed by atoms with Gasteiger partial charge in [0.15, 0.2) is 6.10 Å². The summed E-state index contributed by atoms with van der Waals surface area (Å²) in [6, 6.07) is 14.7. The molecule has 2 unspecified atom stereocenters. The molecule has 1 N–H and O–H groups in total. The molecule has 1 amide bonds. The molecule has 0 radical (unpaired) electrons. The summed E-state index contributed by atoms with van der Waals surface area (Å²) in [5.41, 5.74) is 2.83. The smallest absolute Gasteiger partial charge is 0.261 e. The molecular weight excluding hydrogens is 388 g/mol. The summed E-state index contributed by atoms with van der Waals surface area (Å²) in [6.07, 6.45) is 2.00. The maximum absolute atomic E-state index is 12.7. The number of sulfonamides is 1. The molecule has 0 heterocycles. The number of nitrogens with one attached hydrogen (secondary N) is 1. The van der Waals surface area contributed by atoms with E-state index in [0.717, 1.165) is 18.2 Å². The van der Waals surface area contributed by atoms with E-state index >= 15 is 0 Å². The van der Waals surface area contributed by atoms with E-state index in [9.17, 15) is 13.2 Å². The highest BCUT2D eigenvalue weighted by Gasteiger charge is 2.21. The van der Waals surface area contributed by atoms with Gasteiger partial charge >= 0.3 is 0 Å². The quantitative estimate of drug-likeness (QED) is 0.674. The van der Waals surface area contributed by atoms with Crippen molar-refractivity contribution in [1.29, 1.82) is 0 Å². The lowest BCUT2D eigenvalue weighted by Crippen LogP contribution is -2.39. The van der Waals surface area contributed by atoms with Crippen molar-refractivity contribution in [3.05, 3.63) is 59.7 Å². The van der Waals surface area contributed by atoms with Gasteiger partial charge < -0.3 is 10.1 Å². The maximum atomic E-state index is 12.7. The van der Waals surface area contributed by atoms with E-state index in [2.05, 4.69) is 24.4 Å². The van der Waals surface area contributed by atoms with Crippen LogP contribution in [0.1, 0.15) is 44.4 Å². The molecule has 0 bridgehead atoms. The zero-order chi connectivity index (χ0) is 21.6. The Morgan fingerprint density at radius 1 is 1.07 bits per heavy atom. The highest BCUT2D eigenvalue weighted by atomic mass is 32.2. The van der Waals surface area contributed by atoms with Crippen LogP contribution in [0.3, 0.4) is 0 Å². The first kappa shape index (κ1) is 22.7. The lowest BCUT2D eigenvalue weighted by molar-refractivity contribution is -0.128. The number of carbonyl (C=O) groups excluding carboxylic acids is 1. The van der Waals surface area contributed by atoms with Gasteiger partial charge in [0.1, 0.15) is 5.75 Å². The van der Waals surface area contributed by atoms with E-state index in [-0.39, 0.29) is 11.9 Å². The zero-order valence-corrected chi connectivity index (χ0v) is 18.5. The topological polar surface area (TPSA) is 75.7 Å². The largest absolute Gasteiger partial charge is 0.481 e. The molecule has 2 atom stereocenters. The third kappa shape index (κ3) is 6.22. The van der Waals surface area contributed by atoms with E-state index in [1.54, 1.807) is 24.3 Å². The first-order valence-electron chi connectivity index (χ1n) is 9.75. The average molecular weight is 419 g/mol. The highest BCUT2D eigenvalue weighted by Crippen LogP contribution is 2.22. The summed E-state index contributed by atoms with van der Waals surface area (Å²) < 4.78 is 30.3. The average Bonchev–Trinajstić information content (AvgIpc) is 2.71. The van der Waals surface area contributed by atoms with Crippen LogP contribution in [0.25, 0.3) is 0 Å². The van der Waals surface area contributed by atoms with Crippen LogP contribution in [0, 0.1) is 0 Å². The van der Waals surface area contributed by atoms with Gasteiger partial charge in [-0.05, 0) is 55.2 Å². The Labute approximate surface area is 173 Å². The molecule has 0 spiro atoms. The Kier molecular flexibility index (Phi) is 7.67. The summed E-state index contributed by atoms with van der Waals surface area (Å²) in [4.78, 5) is 12.7. The number of amides is 1. The van der Waals surface area contributed by atoms with Gasteiger partial charge in [-0.3, -0.25) is 9.10 Å². The van der Waals surface area contributed by atoms with Gasteiger partial charge in [0.2, 0.25) is 10.0 Å². The van der Waals surface area contributed by atoms with Crippen molar-refractivity contribution in [3.63, 3.8) is 0 Å². The zero-order valence-electron chi connectivity index (χ0n) is 17.7. The van der Waals surface area contributed by atoms with Crippen molar-refractivity contribution >= 4 is 21.6 Å². The fraction of sp³-hybridized carbons (Fsp3) is 0.409. The molecule has 29 heavy (non-hydrogen) atoms. The number of carbonyl (C=O) groups is 1. The summed E-state index contributed by atoms with van der Waals surface area (Å²) in [5.74, 6) is 0.328. The Morgan fingerprint density at radius 3 is 2.14 bits per heavy atom. The van der Waals surface area contributed by atoms with Crippen molar-refractivity contribution < 1.29 is 17.9 Å². The molecule has 0 aliphatic carbocycles. The first-order valence-corrected chi connectivity index (χ1v) is 11.6. The summed E-state index contributed by atoms with van der Waals surface area (Å²) in [5, 5.41) is 3.00. The van der Waals surface area contributed by atoms with Crippen molar-refractivity contribution in [2.75, 3.05) is 17.6 Å². The Morgan fingerprint density at radius 2 is 1.66 bits per heavy atom. The predicted octanol–water partition coefficient (Wildman–Crippen LogP) is 3.68.